The van der Waals surface area contributed by atoms with Crippen LogP contribution in [0.5, 0.6) is 0 Å². The van der Waals surface area contributed by atoms with Crippen LogP contribution in [0.2, 0.25) is 0 Å². The Morgan fingerprint density at radius 2 is 1.55 bits per heavy atom. The van der Waals surface area contributed by atoms with E-state index in [0.717, 1.165) is 22.5 Å². The van der Waals surface area contributed by atoms with Gasteiger partial charge in [-0.15, -0.1) is 0 Å². The first kappa shape index (κ1) is 21.0. The number of carbonyl (C=O) groups is 2. The van der Waals surface area contributed by atoms with E-state index in [1.165, 1.54) is 5.56 Å². The van der Waals surface area contributed by atoms with Crippen molar-refractivity contribution < 1.29 is 9.59 Å². The Balaban J connectivity index is 1.82. The lowest BCUT2D eigenvalue weighted by molar-refractivity contribution is -0.127. The molecule has 0 unspecified atom stereocenters. The molecule has 1 fully saturated rings. The summed E-state index contributed by atoms with van der Waals surface area (Å²) in [6, 6.07) is 18.2. The Hall–Kier alpha value is -3.27. The highest BCUT2D eigenvalue weighted by Gasteiger charge is 2.35. The highest BCUT2D eigenvalue weighted by Crippen LogP contribution is 2.35. The molecule has 1 saturated carbocycles. The zero-order chi connectivity index (χ0) is 22.2. The molecule has 0 aliphatic heterocycles. The van der Waals surface area contributed by atoms with Crippen molar-refractivity contribution in [3.63, 3.8) is 0 Å². The summed E-state index contributed by atoms with van der Waals surface area (Å²) in [5.41, 5.74) is 4.68. The maximum atomic E-state index is 12.8. The topological polar surface area (TPSA) is 52.0 Å². The molecule has 1 aliphatic rings. The molecule has 0 radical (unpaired) electrons. The second-order valence-electron chi connectivity index (χ2n) is 9.41. The first-order valence-electron chi connectivity index (χ1n) is 10.8. The molecule has 2 aromatic carbocycles. The molecule has 0 atom stereocenters. The smallest absolute Gasteiger partial charge is 0.167 e. The summed E-state index contributed by atoms with van der Waals surface area (Å²) in [7, 11) is 0. The van der Waals surface area contributed by atoms with Gasteiger partial charge in [0.15, 0.2) is 11.6 Å². The molecule has 3 aromatic rings. The van der Waals surface area contributed by atoms with Crippen LogP contribution in [0.3, 0.4) is 0 Å². The van der Waals surface area contributed by atoms with Crippen molar-refractivity contribution in [2.45, 2.75) is 46.5 Å². The van der Waals surface area contributed by atoms with Crippen molar-refractivity contribution in [1.82, 2.24) is 9.78 Å². The Kier molecular flexibility index (Phi) is 5.48. The Morgan fingerprint density at radius 3 is 2.13 bits per heavy atom. The Morgan fingerprint density at radius 1 is 0.935 bits per heavy atom. The highest BCUT2D eigenvalue weighted by molar-refractivity contribution is 6.25. The molecule has 0 N–H and O–H groups in total. The zero-order valence-electron chi connectivity index (χ0n) is 18.6. The van der Waals surface area contributed by atoms with Crippen molar-refractivity contribution in [3.8, 4) is 16.9 Å². The van der Waals surface area contributed by atoms with E-state index in [-0.39, 0.29) is 22.6 Å². The van der Waals surface area contributed by atoms with Crippen molar-refractivity contribution in [2.75, 3.05) is 0 Å². The van der Waals surface area contributed by atoms with Gasteiger partial charge in [0.25, 0.3) is 0 Å². The number of ketones is 2. The predicted molar refractivity (Wildman–Crippen MR) is 124 cm³/mol. The number of hydrogen-bond donors (Lipinski definition) is 0. The SMILES string of the molecule is CC(C)c1ccc(-c2nn(-c3ccccc3)cc2C=C2C(=O)CC(C)(C)CC2=O)cc1. The number of hydrogen-bond acceptors (Lipinski definition) is 3. The molecule has 0 saturated heterocycles. The van der Waals surface area contributed by atoms with Gasteiger partial charge in [-0.2, -0.15) is 5.10 Å². The first-order chi connectivity index (χ1) is 14.7. The van der Waals surface area contributed by atoms with Crippen molar-refractivity contribution in [1.29, 1.82) is 0 Å². The molecule has 4 nitrogen and oxygen atoms in total. The predicted octanol–water partition coefficient (Wildman–Crippen LogP) is 6.00. The molecule has 1 aromatic heterocycles. The Labute approximate surface area is 183 Å². The molecule has 0 spiro atoms. The fraction of sp³-hybridized carbons (Fsp3) is 0.296. The lowest BCUT2D eigenvalue weighted by Crippen LogP contribution is -2.31. The van der Waals surface area contributed by atoms with Gasteiger partial charge >= 0.3 is 0 Å². The third-order valence-electron chi connectivity index (χ3n) is 5.79. The van der Waals surface area contributed by atoms with Gasteiger partial charge in [-0.25, -0.2) is 4.68 Å². The largest absolute Gasteiger partial charge is 0.294 e. The molecule has 1 heterocycles. The lowest BCUT2D eigenvalue weighted by Gasteiger charge is -2.28. The number of benzene rings is 2. The van der Waals surface area contributed by atoms with Crippen LogP contribution < -0.4 is 0 Å². The second kappa shape index (κ2) is 8.10. The summed E-state index contributed by atoms with van der Waals surface area (Å²) in [6.45, 7) is 8.26. The zero-order valence-corrected chi connectivity index (χ0v) is 18.6. The summed E-state index contributed by atoms with van der Waals surface area (Å²) in [4.78, 5) is 25.5. The van der Waals surface area contributed by atoms with Gasteiger partial charge in [0.2, 0.25) is 0 Å². The van der Waals surface area contributed by atoms with Crippen LogP contribution in [0.15, 0.2) is 66.4 Å². The average molecular weight is 413 g/mol. The summed E-state index contributed by atoms with van der Waals surface area (Å²) >= 11 is 0. The van der Waals surface area contributed by atoms with E-state index in [4.69, 9.17) is 5.10 Å². The van der Waals surface area contributed by atoms with E-state index < -0.39 is 0 Å². The number of Topliss-reactive ketones (excluding diaryl/α,β-unsaturated/α-hetero) is 2. The highest BCUT2D eigenvalue weighted by atomic mass is 16.1. The fourth-order valence-corrected chi connectivity index (χ4v) is 4.05. The summed E-state index contributed by atoms with van der Waals surface area (Å²) in [5, 5.41) is 4.82. The Bertz CT molecular complexity index is 1130. The summed E-state index contributed by atoms with van der Waals surface area (Å²) < 4.78 is 1.81. The maximum Gasteiger partial charge on any atom is 0.167 e. The number of para-hydroxylation sites is 1. The summed E-state index contributed by atoms with van der Waals surface area (Å²) in [5.74, 6) is 0.267. The van der Waals surface area contributed by atoms with Gasteiger partial charge in [0, 0.05) is 30.2 Å². The van der Waals surface area contributed by atoms with Gasteiger partial charge in [-0.1, -0.05) is 70.2 Å². The van der Waals surface area contributed by atoms with E-state index in [1.54, 1.807) is 10.8 Å². The number of aromatic nitrogens is 2. The third-order valence-corrected chi connectivity index (χ3v) is 5.79. The minimum Gasteiger partial charge on any atom is -0.294 e. The van der Waals surface area contributed by atoms with Crippen LogP contribution in [-0.2, 0) is 9.59 Å². The van der Waals surface area contributed by atoms with E-state index in [0.29, 0.717) is 18.8 Å². The molecular formula is C27H28N2O2. The monoisotopic (exact) mass is 412 g/mol. The minimum absolute atomic E-state index is 0.0881. The van der Waals surface area contributed by atoms with Gasteiger partial charge in [0.05, 0.1) is 17.0 Å². The van der Waals surface area contributed by atoms with Crippen LogP contribution in [0, 0.1) is 5.41 Å². The molecule has 1 aliphatic carbocycles. The molecule has 31 heavy (non-hydrogen) atoms. The maximum absolute atomic E-state index is 12.8. The van der Waals surface area contributed by atoms with Crippen molar-refractivity contribution >= 4 is 17.6 Å². The van der Waals surface area contributed by atoms with Crippen LogP contribution in [0.25, 0.3) is 23.0 Å². The molecule has 0 bridgehead atoms. The van der Waals surface area contributed by atoms with Crippen LogP contribution in [0.1, 0.15) is 57.6 Å². The molecule has 4 rings (SSSR count). The van der Waals surface area contributed by atoms with Crippen LogP contribution in [0.4, 0.5) is 0 Å². The van der Waals surface area contributed by atoms with Gasteiger partial charge in [-0.3, -0.25) is 9.59 Å². The minimum atomic E-state index is -0.283. The molecule has 4 heteroatoms. The standard InChI is InChI=1S/C27H28N2O2/c1-18(2)19-10-12-20(13-11-19)26-21(17-29(28-26)22-8-6-5-7-9-22)14-23-24(30)15-27(3,4)16-25(23)31/h5-14,17-18H,15-16H2,1-4H3. The molecule has 158 valence electrons. The first-order valence-corrected chi connectivity index (χ1v) is 10.8. The normalized spacial score (nSPS) is 16.1. The summed E-state index contributed by atoms with van der Waals surface area (Å²) in [6.07, 6.45) is 4.40. The lowest BCUT2D eigenvalue weighted by atomic mass is 9.74. The number of carbonyl (C=O) groups excluding carboxylic acids is 2. The number of nitrogens with zero attached hydrogens (tertiary/aromatic N) is 2. The van der Waals surface area contributed by atoms with Gasteiger partial charge < -0.3 is 0 Å². The fourth-order valence-electron chi connectivity index (χ4n) is 4.05. The van der Waals surface area contributed by atoms with Gasteiger partial charge in [-0.05, 0) is 35.1 Å². The number of allylic oxidation sites excluding steroid dienone is 1. The van der Waals surface area contributed by atoms with Crippen molar-refractivity contribution in [2.24, 2.45) is 5.41 Å². The van der Waals surface area contributed by atoms with Crippen LogP contribution >= 0.6 is 0 Å². The van der Waals surface area contributed by atoms with Crippen LogP contribution in [-0.4, -0.2) is 21.3 Å². The van der Waals surface area contributed by atoms with E-state index in [9.17, 15) is 9.59 Å². The van der Waals surface area contributed by atoms with Gasteiger partial charge in [0.1, 0.15) is 0 Å². The van der Waals surface area contributed by atoms with Crippen molar-refractivity contribution in [3.05, 3.63) is 77.5 Å². The molecular weight excluding hydrogens is 384 g/mol. The average Bonchev–Trinajstić information content (AvgIpc) is 3.15. The van der Waals surface area contributed by atoms with E-state index in [2.05, 4.69) is 38.1 Å². The quantitative estimate of drug-likeness (QED) is 0.390. The number of rotatable bonds is 4. The van der Waals surface area contributed by atoms with E-state index >= 15 is 0 Å². The molecule has 0 amide bonds. The second-order valence-corrected chi connectivity index (χ2v) is 9.41. The van der Waals surface area contributed by atoms with E-state index in [1.807, 2.05) is 50.4 Å². The third kappa shape index (κ3) is 4.43.